The third-order valence-electron chi connectivity index (χ3n) is 4.06. The summed E-state index contributed by atoms with van der Waals surface area (Å²) in [4.78, 5) is 0. The van der Waals surface area contributed by atoms with Gasteiger partial charge in [-0.05, 0) is 40.7 Å². The molecule has 0 saturated heterocycles. The quantitative estimate of drug-likeness (QED) is 0.641. The first-order valence-electron chi connectivity index (χ1n) is 6.49. The lowest BCUT2D eigenvalue weighted by Gasteiger charge is -2.35. The van der Waals surface area contributed by atoms with E-state index in [-0.39, 0.29) is 0 Å². The Morgan fingerprint density at radius 1 is 1.12 bits per heavy atom. The molecule has 0 bridgehead atoms. The Kier molecular flexibility index (Phi) is 2.86. The molecule has 0 heterocycles. The molecule has 0 amide bonds. The van der Waals surface area contributed by atoms with Gasteiger partial charge in [0.15, 0.2) is 0 Å². The van der Waals surface area contributed by atoms with Crippen molar-refractivity contribution in [2.45, 2.75) is 47.0 Å². The van der Waals surface area contributed by atoms with Crippen molar-refractivity contribution >= 4 is 0 Å². The molecule has 2 rings (SSSR count). The van der Waals surface area contributed by atoms with Crippen LogP contribution in [0.15, 0.2) is 24.3 Å². The summed E-state index contributed by atoms with van der Waals surface area (Å²) in [6, 6.07) is 9.03. The maximum atomic E-state index is 2.38. The molecule has 0 N–H and O–H groups in total. The van der Waals surface area contributed by atoms with Crippen molar-refractivity contribution in [3.05, 3.63) is 35.4 Å². The average Bonchev–Trinajstić information content (AvgIpc) is 2.55. The first-order chi connectivity index (χ1) is 7.41. The van der Waals surface area contributed by atoms with Crippen LogP contribution in [-0.2, 0) is 6.42 Å². The highest BCUT2D eigenvalue weighted by Crippen LogP contribution is 2.50. The molecule has 1 aromatic carbocycles. The van der Waals surface area contributed by atoms with Crippen LogP contribution >= 0.6 is 0 Å². The van der Waals surface area contributed by atoms with Crippen molar-refractivity contribution < 1.29 is 0 Å². The zero-order chi connectivity index (χ0) is 11.9. The van der Waals surface area contributed by atoms with Crippen LogP contribution in [-0.4, -0.2) is 0 Å². The van der Waals surface area contributed by atoms with Gasteiger partial charge in [-0.25, -0.2) is 0 Å². The largest absolute Gasteiger partial charge is 0.0625 e. The Hall–Kier alpha value is -0.780. The fourth-order valence-corrected chi connectivity index (χ4v) is 3.36. The fourth-order valence-electron chi connectivity index (χ4n) is 3.36. The van der Waals surface area contributed by atoms with E-state index >= 15 is 0 Å². The van der Waals surface area contributed by atoms with Gasteiger partial charge in [-0.15, -0.1) is 0 Å². The smallest absolute Gasteiger partial charge is 0.00766 e. The van der Waals surface area contributed by atoms with Gasteiger partial charge in [0.1, 0.15) is 0 Å². The van der Waals surface area contributed by atoms with Gasteiger partial charge < -0.3 is 0 Å². The maximum Gasteiger partial charge on any atom is -0.00766 e. The van der Waals surface area contributed by atoms with Crippen molar-refractivity contribution in [2.75, 3.05) is 0 Å². The Morgan fingerprint density at radius 3 is 2.31 bits per heavy atom. The molecular formula is C16H24. The van der Waals surface area contributed by atoms with Crippen LogP contribution in [0.1, 0.15) is 51.7 Å². The molecule has 1 aromatic rings. The summed E-state index contributed by atoms with van der Waals surface area (Å²) in [5, 5.41) is 0. The number of hydrogen-bond acceptors (Lipinski definition) is 0. The summed E-state index contributed by atoms with van der Waals surface area (Å²) < 4.78 is 0. The standard InChI is InChI=1S/C16H24/c1-11(2)14-10-12-8-6-7-9-13(12)15(14)16(3,4)5/h6-9,11,14-15H,10H2,1-5H3. The third kappa shape index (κ3) is 1.90. The lowest BCUT2D eigenvalue weighted by atomic mass is 9.69. The highest BCUT2D eigenvalue weighted by Gasteiger charge is 2.40. The Labute approximate surface area is 100 Å². The first-order valence-corrected chi connectivity index (χ1v) is 6.49. The lowest BCUT2D eigenvalue weighted by Crippen LogP contribution is -2.26. The lowest BCUT2D eigenvalue weighted by molar-refractivity contribution is 0.208. The van der Waals surface area contributed by atoms with E-state index < -0.39 is 0 Å². The van der Waals surface area contributed by atoms with E-state index in [2.05, 4.69) is 58.9 Å². The van der Waals surface area contributed by atoms with Crippen LogP contribution in [0.5, 0.6) is 0 Å². The minimum Gasteiger partial charge on any atom is -0.0625 e. The maximum absolute atomic E-state index is 2.38. The monoisotopic (exact) mass is 216 g/mol. The van der Waals surface area contributed by atoms with Crippen molar-refractivity contribution in [3.8, 4) is 0 Å². The van der Waals surface area contributed by atoms with E-state index in [0.717, 1.165) is 17.8 Å². The second-order valence-corrected chi connectivity index (χ2v) is 6.65. The zero-order valence-electron chi connectivity index (χ0n) is 11.2. The van der Waals surface area contributed by atoms with Crippen molar-refractivity contribution in [1.29, 1.82) is 0 Å². The molecule has 0 aromatic heterocycles. The molecule has 0 aliphatic heterocycles. The molecule has 0 nitrogen and oxygen atoms in total. The predicted molar refractivity (Wildman–Crippen MR) is 70.7 cm³/mol. The third-order valence-corrected chi connectivity index (χ3v) is 4.06. The van der Waals surface area contributed by atoms with E-state index in [1.165, 1.54) is 6.42 Å². The molecular weight excluding hydrogens is 192 g/mol. The molecule has 1 aliphatic rings. The van der Waals surface area contributed by atoms with Gasteiger partial charge in [0.05, 0.1) is 0 Å². The molecule has 0 fully saturated rings. The zero-order valence-corrected chi connectivity index (χ0v) is 11.2. The van der Waals surface area contributed by atoms with Crippen LogP contribution in [0, 0.1) is 17.3 Å². The van der Waals surface area contributed by atoms with Crippen LogP contribution in [0.4, 0.5) is 0 Å². The van der Waals surface area contributed by atoms with Gasteiger partial charge in [-0.3, -0.25) is 0 Å². The van der Waals surface area contributed by atoms with Gasteiger partial charge in [-0.1, -0.05) is 58.9 Å². The highest BCUT2D eigenvalue weighted by atomic mass is 14.4. The first kappa shape index (κ1) is 11.7. The number of rotatable bonds is 1. The topological polar surface area (TPSA) is 0 Å². The Balaban J connectivity index is 2.44. The van der Waals surface area contributed by atoms with Crippen molar-refractivity contribution in [3.63, 3.8) is 0 Å². The van der Waals surface area contributed by atoms with Gasteiger partial charge >= 0.3 is 0 Å². The van der Waals surface area contributed by atoms with E-state index in [9.17, 15) is 0 Å². The SMILES string of the molecule is CC(C)C1Cc2ccccc2C1C(C)(C)C. The van der Waals surface area contributed by atoms with E-state index in [1.807, 2.05) is 0 Å². The van der Waals surface area contributed by atoms with Gasteiger partial charge in [0, 0.05) is 0 Å². The Morgan fingerprint density at radius 2 is 1.75 bits per heavy atom. The number of fused-ring (bicyclic) bond motifs is 1. The molecule has 2 atom stereocenters. The molecule has 0 radical (unpaired) electrons. The summed E-state index contributed by atoms with van der Waals surface area (Å²) in [7, 11) is 0. The van der Waals surface area contributed by atoms with Crippen LogP contribution in [0.25, 0.3) is 0 Å². The minimum absolute atomic E-state index is 0.377. The van der Waals surface area contributed by atoms with Crippen LogP contribution < -0.4 is 0 Å². The molecule has 1 aliphatic carbocycles. The summed E-state index contributed by atoms with van der Waals surface area (Å²) in [5.41, 5.74) is 3.57. The van der Waals surface area contributed by atoms with Gasteiger partial charge in [-0.2, -0.15) is 0 Å². The summed E-state index contributed by atoms with van der Waals surface area (Å²) in [5.74, 6) is 2.32. The molecule has 0 spiro atoms. The molecule has 16 heavy (non-hydrogen) atoms. The van der Waals surface area contributed by atoms with Crippen molar-refractivity contribution in [1.82, 2.24) is 0 Å². The molecule has 0 heteroatoms. The molecule has 0 saturated carbocycles. The Bertz CT molecular complexity index is 368. The second-order valence-electron chi connectivity index (χ2n) is 6.65. The van der Waals surface area contributed by atoms with Gasteiger partial charge in [0.25, 0.3) is 0 Å². The van der Waals surface area contributed by atoms with Crippen LogP contribution in [0.2, 0.25) is 0 Å². The molecule has 2 unspecified atom stereocenters. The van der Waals surface area contributed by atoms with Gasteiger partial charge in [0.2, 0.25) is 0 Å². The summed E-state index contributed by atoms with van der Waals surface area (Å²) in [6.07, 6.45) is 1.27. The normalized spacial score (nSPS) is 24.9. The van der Waals surface area contributed by atoms with E-state index in [1.54, 1.807) is 11.1 Å². The average molecular weight is 216 g/mol. The van der Waals surface area contributed by atoms with E-state index in [4.69, 9.17) is 0 Å². The summed E-state index contributed by atoms with van der Waals surface area (Å²) >= 11 is 0. The highest BCUT2D eigenvalue weighted by molar-refractivity contribution is 5.37. The van der Waals surface area contributed by atoms with Crippen molar-refractivity contribution in [2.24, 2.45) is 17.3 Å². The predicted octanol–water partition coefficient (Wildman–Crippen LogP) is 4.64. The second kappa shape index (κ2) is 3.91. The number of benzene rings is 1. The number of hydrogen-bond donors (Lipinski definition) is 0. The van der Waals surface area contributed by atoms with Crippen LogP contribution in [0.3, 0.4) is 0 Å². The summed E-state index contributed by atoms with van der Waals surface area (Å²) in [6.45, 7) is 11.9. The van der Waals surface area contributed by atoms with E-state index in [0.29, 0.717) is 5.41 Å². The molecule has 88 valence electrons. The minimum atomic E-state index is 0.377. The fraction of sp³-hybridized carbons (Fsp3) is 0.625.